The van der Waals surface area contributed by atoms with Crippen LogP contribution in [0.15, 0.2) is 0 Å². The van der Waals surface area contributed by atoms with E-state index in [0.29, 0.717) is 6.42 Å². The van der Waals surface area contributed by atoms with Crippen LogP contribution >= 0.6 is 0 Å². The van der Waals surface area contributed by atoms with E-state index in [-0.39, 0.29) is 6.42 Å². The quantitative estimate of drug-likeness (QED) is 0.515. The first kappa shape index (κ1) is 12.4. The zero-order valence-corrected chi connectivity index (χ0v) is 8.63. The summed E-state index contributed by atoms with van der Waals surface area (Å²) in [4.78, 5) is 11.2. The van der Waals surface area contributed by atoms with Crippen LogP contribution in [0.3, 0.4) is 0 Å². The van der Waals surface area contributed by atoms with Crippen molar-refractivity contribution in [3.05, 3.63) is 0 Å². The Labute approximate surface area is 78.5 Å². The average molecular weight is 190 g/mol. The van der Waals surface area contributed by atoms with Crippen molar-refractivity contribution in [3.8, 4) is 0 Å². The Morgan fingerprint density at radius 1 is 1.31 bits per heavy atom. The second-order valence-corrected chi connectivity index (χ2v) is 4.13. The lowest BCUT2D eigenvalue weighted by Crippen LogP contribution is -2.38. The van der Waals surface area contributed by atoms with E-state index in [1.54, 1.807) is 27.7 Å². The number of esters is 1. The van der Waals surface area contributed by atoms with Gasteiger partial charge in [0.25, 0.3) is 0 Å². The molecule has 0 radical (unpaired) electrons. The van der Waals surface area contributed by atoms with E-state index in [0.717, 1.165) is 0 Å². The van der Waals surface area contributed by atoms with Gasteiger partial charge in [0, 0.05) is 6.42 Å². The minimum absolute atomic E-state index is 0.0226. The Morgan fingerprint density at radius 2 is 1.77 bits per heavy atom. The van der Waals surface area contributed by atoms with E-state index in [1.807, 2.05) is 0 Å². The van der Waals surface area contributed by atoms with Gasteiger partial charge in [-0.05, 0) is 27.2 Å². The van der Waals surface area contributed by atoms with Gasteiger partial charge in [-0.25, -0.2) is 0 Å². The summed E-state index contributed by atoms with van der Waals surface area (Å²) in [6, 6.07) is 0. The lowest BCUT2D eigenvalue weighted by Gasteiger charge is -2.25. The molecule has 13 heavy (non-hydrogen) atoms. The highest BCUT2D eigenvalue weighted by Gasteiger charge is 2.33. The molecule has 0 atom stereocenters. The van der Waals surface area contributed by atoms with Gasteiger partial charge in [0.1, 0.15) is 0 Å². The Morgan fingerprint density at radius 3 is 2.08 bits per heavy atom. The molecule has 0 aromatic rings. The maximum absolute atomic E-state index is 11.2. The number of hydrogen-bond acceptors (Lipinski definition) is 4. The standard InChI is InChI=1S/C9H18O4/c1-5-6-9(11,12)13-7(10)8(2,3)4/h11-12H,5-6H2,1-4H3. The van der Waals surface area contributed by atoms with Crippen LogP contribution < -0.4 is 0 Å². The maximum atomic E-state index is 11.2. The first-order valence-electron chi connectivity index (χ1n) is 4.37. The zero-order valence-electron chi connectivity index (χ0n) is 8.63. The van der Waals surface area contributed by atoms with Crippen LogP contribution in [0.5, 0.6) is 0 Å². The van der Waals surface area contributed by atoms with Gasteiger partial charge in [-0.1, -0.05) is 6.92 Å². The molecule has 0 spiro atoms. The summed E-state index contributed by atoms with van der Waals surface area (Å²) < 4.78 is 4.51. The van der Waals surface area contributed by atoms with Crippen molar-refractivity contribution in [2.75, 3.05) is 0 Å². The molecule has 0 aliphatic heterocycles. The number of aliphatic hydroxyl groups is 2. The third-order valence-electron chi connectivity index (χ3n) is 1.44. The molecule has 0 aliphatic rings. The first-order valence-corrected chi connectivity index (χ1v) is 4.37. The topological polar surface area (TPSA) is 66.8 Å². The van der Waals surface area contributed by atoms with Crippen molar-refractivity contribution in [3.63, 3.8) is 0 Å². The van der Waals surface area contributed by atoms with Gasteiger partial charge >= 0.3 is 11.9 Å². The summed E-state index contributed by atoms with van der Waals surface area (Å²) in [7, 11) is 0. The maximum Gasteiger partial charge on any atom is 0.324 e. The normalized spacial score (nSPS) is 12.8. The molecular formula is C9H18O4. The Kier molecular flexibility index (Phi) is 3.88. The summed E-state index contributed by atoms with van der Waals surface area (Å²) in [6.07, 6.45) is 0.555. The highest BCUT2D eigenvalue weighted by molar-refractivity contribution is 5.75. The van der Waals surface area contributed by atoms with Gasteiger partial charge in [-0.3, -0.25) is 4.79 Å². The molecule has 0 rings (SSSR count). The molecule has 4 nitrogen and oxygen atoms in total. The lowest BCUT2D eigenvalue weighted by molar-refractivity contribution is -0.325. The number of carbonyl (C=O) groups excluding carboxylic acids is 1. The smallest absolute Gasteiger partial charge is 0.324 e. The Hall–Kier alpha value is -0.610. The largest absolute Gasteiger partial charge is 0.408 e. The highest BCUT2D eigenvalue weighted by atomic mass is 16.8. The van der Waals surface area contributed by atoms with Gasteiger partial charge in [0.15, 0.2) is 0 Å². The highest BCUT2D eigenvalue weighted by Crippen LogP contribution is 2.20. The van der Waals surface area contributed by atoms with Crippen molar-refractivity contribution in [1.29, 1.82) is 0 Å². The molecule has 0 unspecified atom stereocenters. The molecule has 0 heterocycles. The van der Waals surface area contributed by atoms with Crippen molar-refractivity contribution in [2.24, 2.45) is 5.41 Å². The van der Waals surface area contributed by atoms with E-state index in [1.165, 1.54) is 0 Å². The summed E-state index contributed by atoms with van der Waals surface area (Å²) in [5, 5.41) is 18.3. The minimum Gasteiger partial charge on any atom is -0.408 e. The molecule has 2 N–H and O–H groups in total. The number of hydrogen-bond donors (Lipinski definition) is 2. The van der Waals surface area contributed by atoms with Gasteiger partial charge < -0.3 is 14.9 Å². The number of carbonyl (C=O) groups is 1. The predicted molar refractivity (Wildman–Crippen MR) is 47.6 cm³/mol. The van der Waals surface area contributed by atoms with Crippen molar-refractivity contribution < 1.29 is 19.7 Å². The lowest BCUT2D eigenvalue weighted by atomic mass is 9.97. The predicted octanol–water partition coefficient (Wildman–Crippen LogP) is 1.01. The van der Waals surface area contributed by atoms with Crippen LogP contribution in [0.4, 0.5) is 0 Å². The van der Waals surface area contributed by atoms with Gasteiger partial charge in [-0.15, -0.1) is 0 Å². The molecule has 0 bridgehead atoms. The molecule has 0 saturated heterocycles. The molecule has 0 amide bonds. The van der Waals surface area contributed by atoms with Crippen molar-refractivity contribution in [2.45, 2.75) is 46.5 Å². The number of rotatable bonds is 3. The van der Waals surface area contributed by atoms with Crippen molar-refractivity contribution >= 4 is 5.97 Å². The van der Waals surface area contributed by atoms with Crippen LogP contribution in [0.2, 0.25) is 0 Å². The minimum atomic E-state index is -2.32. The molecule has 78 valence electrons. The summed E-state index contributed by atoms with van der Waals surface area (Å²) in [5.74, 6) is -2.94. The average Bonchev–Trinajstić information content (AvgIpc) is 1.83. The SMILES string of the molecule is CCCC(O)(O)OC(=O)C(C)(C)C. The van der Waals surface area contributed by atoms with E-state index in [9.17, 15) is 4.79 Å². The second kappa shape index (κ2) is 4.07. The van der Waals surface area contributed by atoms with E-state index in [2.05, 4.69) is 4.74 Å². The first-order chi connectivity index (χ1) is 5.69. The molecule has 0 aromatic carbocycles. The van der Waals surface area contributed by atoms with Crippen LogP contribution in [0.25, 0.3) is 0 Å². The van der Waals surface area contributed by atoms with Crippen LogP contribution in [0, 0.1) is 5.41 Å². The Balaban J connectivity index is 4.20. The molecule has 0 aromatic heterocycles. The van der Waals surface area contributed by atoms with E-state index < -0.39 is 17.4 Å². The zero-order chi connectivity index (χ0) is 10.7. The molecular weight excluding hydrogens is 172 g/mol. The van der Waals surface area contributed by atoms with Crippen molar-refractivity contribution in [1.82, 2.24) is 0 Å². The molecule has 4 heteroatoms. The molecule has 0 saturated carbocycles. The van der Waals surface area contributed by atoms with Gasteiger partial charge in [-0.2, -0.15) is 0 Å². The van der Waals surface area contributed by atoms with Crippen LogP contribution in [-0.2, 0) is 9.53 Å². The third-order valence-corrected chi connectivity index (χ3v) is 1.44. The fraction of sp³-hybridized carbons (Fsp3) is 0.889. The van der Waals surface area contributed by atoms with Crippen LogP contribution in [0.1, 0.15) is 40.5 Å². The van der Waals surface area contributed by atoms with Gasteiger partial charge in [0.05, 0.1) is 5.41 Å². The van der Waals surface area contributed by atoms with E-state index in [4.69, 9.17) is 10.2 Å². The summed E-state index contributed by atoms with van der Waals surface area (Å²) in [6.45, 7) is 6.72. The number of ether oxygens (including phenoxy) is 1. The third kappa shape index (κ3) is 4.85. The Bertz CT molecular complexity index is 179. The summed E-state index contributed by atoms with van der Waals surface area (Å²) >= 11 is 0. The molecule has 0 fully saturated rings. The van der Waals surface area contributed by atoms with E-state index >= 15 is 0 Å². The summed E-state index contributed by atoms with van der Waals surface area (Å²) in [5.41, 5.74) is -0.718. The molecule has 0 aliphatic carbocycles. The monoisotopic (exact) mass is 190 g/mol. The fourth-order valence-corrected chi connectivity index (χ4v) is 0.678. The second-order valence-electron chi connectivity index (χ2n) is 4.13. The van der Waals surface area contributed by atoms with Gasteiger partial charge in [0.2, 0.25) is 0 Å². The fourth-order valence-electron chi connectivity index (χ4n) is 0.678. The van der Waals surface area contributed by atoms with Crippen LogP contribution in [-0.4, -0.2) is 22.2 Å².